The van der Waals surface area contributed by atoms with Gasteiger partial charge in [-0.15, -0.1) is 0 Å². The monoisotopic (exact) mass is 263 g/mol. The molecule has 0 spiro atoms. The third kappa shape index (κ3) is 3.44. The fourth-order valence-corrected chi connectivity index (χ4v) is 1.23. The Balaban J connectivity index is 2.76. The van der Waals surface area contributed by atoms with E-state index in [4.69, 9.17) is 9.47 Å². The second-order valence-corrected chi connectivity index (χ2v) is 3.36. The Hall–Kier alpha value is -1.60. The molecule has 1 aromatic rings. The lowest BCUT2D eigenvalue weighted by Crippen LogP contribution is -2.34. The molecule has 1 aromatic carbocycles. The highest BCUT2D eigenvalue weighted by atomic mass is 19.2. The molecular weight excluding hydrogens is 251 g/mol. The van der Waals surface area contributed by atoms with Gasteiger partial charge in [-0.3, -0.25) is 4.79 Å². The van der Waals surface area contributed by atoms with E-state index in [9.17, 15) is 18.0 Å². The van der Waals surface area contributed by atoms with Crippen LogP contribution in [-0.4, -0.2) is 33.0 Å². The highest BCUT2D eigenvalue weighted by Crippen LogP contribution is 2.13. The van der Waals surface area contributed by atoms with E-state index in [0.29, 0.717) is 12.1 Å². The lowest BCUT2D eigenvalue weighted by molar-refractivity contribution is -0.0974. The summed E-state index contributed by atoms with van der Waals surface area (Å²) in [5.41, 5.74) is -0.583. The molecule has 0 heterocycles. The number of amides is 1. The van der Waals surface area contributed by atoms with Crippen LogP contribution >= 0.6 is 0 Å². The standard InChI is InChI=1S/C11H12F3NO3/c1-17-10(18-2)5-15-11(16)6-3-8(13)9(14)4-7(6)12/h3-4,10H,5H2,1-2H3,(H,15,16). The average Bonchev–Trinajstić information content (AvgIpc) is 2.34. The quantitative estimate of drug-likeness (QED) is 0.646. The zero-order valence-electron chi connectivity index (χ0n) is 9.80. The number of benzene rings is 1. The number of nitrogens with one attached hydrogen (secondary N) is 1. The molecule has 0 aliphatic carbocycles. The number of carbonyl (C=O) groups is 1. The molecule has 18 heavy (non-hydrogen) atoms. The van der Waals surface area contributed by atoms with Crippen LogP contribution in [0.5, 0.6) is 0 Å². The Kier molecular flexibility index (Phi) is 5.11. The van der Waals surface area contributed by atoms with Gasteiger partial charge >= 0.3 is 0 Å². The van der Waals surface area contributed by atoms with E-state index >= 15 is 0 Å². The summed E-state index contributed by atoms with van der Waals surface area (Å²) in [4.78, 5) is 11.5. The smallest absolute Gasteiger partial charge is 0.254 e. The highest BCUT2D eigenvalue weighted by Gasteiger charge is 2.17. The van der Waals surface area contributed by atoms with Crippen molar-refractivity contribution in [3.05, 3.63) is 35.1 Å². The summed E-state index contributed by atoms with van der Waals surface area (Å²) in [5.74, 6) is -4.67. The third-order valence-electron chi connectivity index (χ3n) is 2.21. The maximum atomic E-state index is 13.2. The summed E-state index contributed by atoms with van der Waals surface area (Å²) in [6.45, 7) is -0.0513. The highest BCUT2D eigenvalue weighted by molar-refractivity contribution is 5.94. The lowest BCUT2D eigenvalue weighted by atomic mass is 10.2. The Morgan fingerprint density at radius 1 is 1.17 bits per heavy atom. The van der Waals surface area contributed by atoms with Crippen molar-refractivity contribution in [1.82, 2.24) is 5.32 Å². The maximum Gasteiger partial charge on any atom is 0.254 e. The molecule has 7 heteroatoms. The van der Waals surface area contributed by atoms with Crippen molar-refractivity contribution in [2.75, 3.05) is 20.8 Å². The predicted octanol–water partition coefficient (Wildman–Crippen LogP) is 1.45. The van der Waals surface area contributed by atoms with E-state index in [1.807, 2.05) is 0 Å². The maximum absolute atomic E-state index is 13.2. The molecule has 0 saturated heterocycles. The second kappa shape index (κ2) is 6.36. The minimum atomic E-state index is -1.35. The molecule has 4 nitrogen and oxygen atoms in total. The molecule has 0 unspecified atom stereocenters. The zero-order chi connectivity index (χ0) is 13.7. The molecule has 0 bridgehead atoms. The summed E-state index contributed by atoms with van der Waals surface area (Å²) >= 11 is 0. The number of methoxy groups -OCH3 is 2. The van der Waals surface area contributed by atoms with Gasteiger partial charge in [0.2, 0.25) is 0 Å². The van der Waals surface area contributed by atoms with E-state index in [2.05, 4.69) is 5.32 Å². The van der Waals surface area contributed by atoms with Crippen LogP contribution in [0.2, 0.25) is 0 Å². The van der Waals surface area contributed by atoms with E-state index in [-0.39, 0.29) is 6.54 Å². The first-order chi connectivity index (χ1) is 8.49. The average molecular weight is 263 g/mol. The van der Waals surface area contributed by atoms with Crippen molar-refractivity contribution in [1.29, 1.82) is 0 Å². The van der Waals surface area contributed by atoms with Gasteiger partial charge in [-0.25, -0.2) is 13.2 Å². The summed E-state index contributed by atoms with van der Waals surface area (Å²) < 4.78 is 48.4. The summed E-state index contributed by atoms with van der Waals surface area (Å²) in [5, 5.41) is 2.27. The SMILES string of the molecule is COC(CNC(=O)c1cc(F)c(F)cc1F)OC. The van der Waals surface area contributed by atoms with Crippen LogP contribution in [0.25, 0.3) is 0 Å². The molecule has 1 rings (SSSR count). The third-order valence-corrected chi connectivity index (χ3v) is 2.21. The topological polar surface area (TPSA) is 47.6 Å². The van der Waals surface area contributed by atoms with E-state index in [1.54, 1.807) is 0 Å². The predicted molar refractivity (Wildman–Crippen MR) is 56.5 cm³/mol. The molecular formula is C11H12F3NO3. The number of ether oxygens (including phenoxy) is 2. The first-order valence-electron chi connectivity index (χ1n) is 4.98. The summed E-state index contributed by atoms with van der Waals surface area (Å²) in [6, 6.07) is 0.809. The van der Waals surface area contributed by atoms with Crippen molar-refractivity contribution in [3.8, 4) is 0 Å². The van der Waals surface area contributed by atoms with Gasteiger partial charge < -0.3 is 14.8 Å². The molecule has 0 radical (unpaired) electrons. The fraction of sp³-hybridized carbons (Fsp3) is 0.364. The fourth-order valence-electron chi connectivity index (χ4n) is 1.23. The van der Waals surface area contributed by atoms with Crippen LogP contribution in [0.4, 0.5) is 13.2 Å². The Morgan fingerprint density at radius 2 is 1.72 bits per heavy atom. The van der Waals surface area contributed by atoms with E-state index < -0.39 is 35.2 Å². The second-order valence-electron chi connectivity index (χ2n) is 3.36. The van der Waals surface area contributed by atoms with Crippen LogP contribution in [0.3, 0.4) is 0 Å². The Morgan fingerprint density at radius 3 is 2.28 bits per heavy atom. The van der Waals surface area contributed by atoms with Crippen molar-refractivity contribution in [2.24, 2.45) is 0 Å². The van der Waals surface area contributed by atoms with Crippen molar-refractivity contribution in [3.63, 3.8) is 0 Å². The molecule has 100 valence electrons. The lowest BCUT2D eigenvalue weighted by Gasteiger charge is -2.14. The van der Waals surface area contributed by atoms with E-state index in [0.717, 1.165) is 0 Å². The first-order valence-corrected chi connectivity index (χ1v) is 4.98. The summed E-state index contributed by atoms with van der Waals surface area (Å²) in [6.07, 6.45) is -0.706. The van der Waals surface area contributed by atoms with Gasteiger partial charge in [0.25, 0.3) is 5.91 Å². The largest absolute Gasteiger partial charge is 0.354 e. The van der Waals surface area contributed by atoms with Gasteiger partial charge in [0.15, 0.2) is 17.9 Å². The van der Waals surface area contributed by atoms with Crippen LogP contribution in [-0.2, 0) is 9.47 Å². The van der Waals surface area contributed by atoms with Gasteiger partial charge in [-0.1, -0.05) is 0 Å². The number of hydrogen-bond donors (Lipinski definition) is 1. The van der Waals surface area contributed by atoms with Gasteiger partial charge in [-0.05, 0) is 6.07 Å². The molecule has 0 aliphatic rings. The minimum Gasteiger partial charge on any atom is -0.354 e. The molecule has 0 atom stereocenters. The Labute approximate surface area is 102 Å². The van der Waals surface area contributed by atoms with Crippen LogP contribution in [0.1, 0.15) is 10.4 Å². The molecule has 1 amide bonds. The van der Waals surface area contributed by atoms with Gasteiger partial charge in [-0.2, -0.15) is 0 Å². The molecule has 1 N–H and O–H groups in total. The molecule has 0 aromatic heterocycles. The first kappa shape index (κ1) is 14.5. The van der Waals surface area contributed by atoms with Crippen molar-refractivity contribution in [2.45, 2.75) is 6.29 Å². The van der Waals surface area contributed by atoms with Gasteiger partial charge in [0.1, 0.15) is 5.82 Å². The van der Waals surface area contributed by atoms with E-state index in [1.165, 1.54) is 14.2 Å². The van der Waals surface area contributed by atoms with Crippen LogP contribution in [0, 0.1) is 17.5 Å². The molecule has 0 fully saturated rings. The van der Waals surface area contributed by atoms with Crippen molar-refractivity contribution < 1.29 is 27.4 Å². The minimum absolute atomic E-state index is 0.0513. The number of rotatable bonds is 5. The number of halogens is 3. The number of carbonyl (C=O) groups excluding carboxylic acids is 1. The molecule has 0 saturated carbocycles. The Bertz CT molecular complexity index is 436. The van der Waals surface area contributed by atoms with Crippen molar-refractivity contribution >= 4 is 5.91 Å². The normalized spacial score (nSPS) is 10.8. The zero-order valence-corrected chi connectivity index (χ0v) is 9.80. The van der Waals surface area contributed by atoms with Crippen LogP contribution in [0.15, 0.2) is 12.1 Å². The number of hydrogen-bond acceptors (Lipinski definition) is 3. The molecule has 0 aliphatic heterocycles. The van der Waals surface area contributed by atoms with Gasteiger partial charge in [0, 0.05) is 20.3 Å². The van der Waals surface area contributed by atoms with Gasteiger partial charge in [0.05, 0.1) is 12.1 Å². The summed E-state index contributed by atoms with van der Waals surface area (Å²) in [7, 11) is 2.72. The van der Waals surface area contributed by atoms with Crippen LogP contribution < -0.4 is 5.32 Å².